The molecule has 3 heterocycles. The van der Waals surface area contributed by atoms with Gasteiger partial charge in [0.15, 0.2) is 0 Å². The maximum absolute atomic E-state index is 12.3. The molecular formula is C17H18N2O4. The van der Waals surface area contributed by atoms with E-state index in [0.29, 0.717) is 18.9 Å². The van der Waals surface area contributed by atoms with Crippen LogP contribution in [0.3, 0.4) is 0 Å². The van der Waals surface area contributed by atoms with Gasteiger partial charge >= 0.3 is 5.69 Å². The molecule has 0 saturated carbocycles. The molecule has 2 aromatic rings. The van der Waals surface area contributed by atoms with Crippen LogP contribution in [-0.2, 0) is 14.1 Å². The third kappa shape index (κ3) is 1.87. The molecule has 0 N–H and O–H groups in total. The molecule has 0 amide bonds. The fourth-order valence-electron chi connectivity index (χ4n) is 3.63. The summed E-state index contributed by atoms with van der Waals surface area (Å²) >= 11 is 0. The first-order chi connectivity index (χ1) is 11.0. The molecular weight excluding hydrogens is 296 g/mol. The first-order valence-corrected chi connectivity index (χ1v) is 7.65. The predicted octanol–water partition coefficient (Wildman–Crippen LogP) is 1.04. The molecule has 120 valence electrons. The van der Waals surface area contributed by atoms with Crippen molar-refractivity contribution in [2.45, 2.75) is 18.8 Å². The van der Waals surface area contributed by atoms with E-state index in [1.807, 2.05) is 19.1 Å². The number of nitrogens with zero attached hydrogens (tertiary/aromatic N) is 2. The van der Waals surface area contributed by atoms with E-state index >= 15 is 0 Å². The van der Waals surface area contributed by atoms with Gasteiger partial charge in [0.05, 0.1) is 18.9 Å². The zero-order valence-corrected chi connectivity index (χ0v) is 13.3. The van der Waals surface area contributed by atoms with Crippen LogP contribution in [0.15, 0.2) is 27.8 Å². The summed E-state index contributed by atoms with van der Waals surface area (Å²) < 4.78 is 14.3. The Hall–Kier alpha value is -2.50. The van der Waals surface area contributed by atoms with Crippen molar-refractivity contribution in [2.24, 2.45) is 14.1 Å². The summed E-state index contributed by atoms with van der Waals surface area (Å²) in [6.07, 6.45) is 0. The van der Waals surface area contributed by atoms with Crippen LogP contribution < -0.4 is 20.7 Å². The molecule has 6 nitrogen and oxygen atoms in total. The van der Waals surface area contributed by atoms with E-state index in [4.69, 9.17) is 9.47 Å². The molecule has 2 atom stereocenters. The standard InChI is InChI=1S/C17H18N2O4/c1-9-4-5-13-10(6-9)11-7-23-15-14(12(11)8-22-13)18(2)17(21)19(3)16(15)20/h4-6,11-12H,7-8H2,1-3H3/t11-,12+/m1/s1. The van der Waals surface area contributed by atoms with E-state index in [0.717, 1.165) is 21.4 Å². The van der Waals surface area contributed by atoms with Crippen LogP contribution in [-0.4, -0.2) is 22.3 Å². The van der Waals surface area contributed by atoms with Crippen molar-refractivity contribution in [1.82, 2.24) is 9.13 Å². The van der Waals surface area contributed by atoms with Crippen LogP contribution in [0.25, 0.3) is 0 Å². The normalized spacial score (nSPS) is 21.5. The van der Waals surface area contributed by atoms with Crippen LogP contribution in [0.2, 0.25) is 0 Å². The summed E-state index contributed by atoms with van der Waals surface area (Å²) in [4.78, 5) is 24.6. The highest BCUT2D eigenvalue weighted by Crippen LogP contribution is 2.46. The lowest BCUT2D eigenvalue weighted by Gasteiger charge is -2.38. The van der Waals surface area contributed by atoms with Crippen molar-refractivity contribution in [1.29, 1.82) is 0 Å². The Labute approximate surface area is 132 Å². The lowest BCUT2D eigenvalue weighted by molar-refractivity contribution is 0.157. The fraction of sp³-hybridized carbons (Fsp3) is 0.412. The molecule has 0 radical (unpaired) electrons. The van der Waals surface area contributed by atoms with Gasteiger partial charge in [0.1, 0.15) is 5.75 Å². The number of hydrogen-bond donors (Lipinski definition) is 0. The average molecular weight is 314 g/mol. The number of ether oxygens (including phenoxy) is 2. The van der Waals surface area contributed by atoms with E-state index in [1.165, 1.54) is 11.6 Å². The smallest absolute Gasteiger partial charge is 0.330 e. The van der Waals surface area contributed by atoms with Crippen molar-refractivity contribution in [2.75, 3.05) is 13.2 Å². The second-order valence-corrected chi connectivity index (χ2v) is 6.30. The fourth-order valence-corrected chi connectivity index (χ4v) is 3.63. The quantitative estimate of drug-likeness (QED) is 0.729. The van der Waals surface area contributed by atoms with Gasteiger partial charge in [-0.05, 0) is 13.0 Å². The lowest BCUT2D eigenvalue weighted by atomic mass is 9.80. The third-order valence-electron chi connectivity index (χ3n) is 4.89. The highest BCUT2D eigenvalue weighted by atomic mass is 16.5. The minimum absolute atomic E-state index is 0.0559. The van der Waals surface area contributed by atoms with E-state index < -0.39 is 0 Å². The molecule has 23 heavy (non-hydrogen) atoms. The lowest BCUT2D eigenvalue weighted by Crippen LogP contribution is -2.45. The molecule has 2 aliphatic heterocycles. The second kappa shape index (κ2) is 4.75. The van der Waals surface area contributed by atoms with Crippen LogP contribution in [0, 0.1) is 6.92 Å². The number of aromatic nitrogens is 2. The minimum atomic E-state index is -0.378. The number of fused-ring (bicyclic) bond motifs is 5. The van der Waals surface area contributed by atoms with Gasteiger partial charge in [-0.2, -0.15) is 0 Å². The maximum atomic E-state index is 12.3. The summed E-state index contributed by atoms with van der Waals surface area (Å²) in [7, 11) is 3.15. The Bertz CT molecular complexity index is 925. The van der Waals surface area contributed by atoms with Crippen LogP contribution in [0.1, 0.15) is 28.7 Å². The summed E-state index contributed by atoms with van der Waals surface area (Å²) in [5.74, 6) is 1.16. The van der Waals surface area contributed by atoms with Crippen LogP contribution >= 0.6 is 0 Å². The predicted molar refractivity (Wildman–Crippen MR) is 84.6 cm³/mol. The van der Waals surface area contributed by atoms with Crippen molar-refractivity contribution < 1.29 is 9.47 Å². The maximum Gasteiger partial charge on any atom is 0.330 e. The van der Waals surface area contributed by atoms with Gasteiger partial charge in [0.2, 0.25) is 5.75 Å². The van der Waals surface area contributed by atoms with Gasteiger partial charge in [-0.25, -0.2) is 4.79 Å². The van der Waals surface area contributed by atoms with Crippen molar-refractivity contribution in [3.8, 4) is 11.5 Å². The van der Waals surface area contributed by atoms with Crippen molar-refractivity contribution in [3.05, 3.63) is 55.9 Å². The molecule has 0 unspecified atom stereocenters. The monoisotopic (exact) mass is 314 g/mol. The topological polar surface area (TPSA) is 62.5 Å². The van der Waals surface area contributed by atoms with E-state index in [2.05, 4.69) is 6.07 Å². The molecule has 1 aromatic carbocycles. The number of benzene rings is 1. The summed E-state index contributed by atoms with van der Waals surface area (Å²) in [5.41, 5.74) is 2.16. The van der Waals surface area contributed by atoms with Gasteiger partial charge in [-0.15, -0.1) is 0 Å². The summed E-state index contributed by atoms with van der Waals surface area (Å²) in [6.45, 7) is 2.90. The number of hydrogen-bond acceptors (Lipinski definition) is 4. The Morgan fingerprint density at radius 3 is 2.57 bits per heavy atom. The first kappa shape index (κ1) is 14.1. The molecule has 6 heteroatoms. The SMILES string of the molecule is Cc1ccc2c(c1)[C@H]1COc3c(n(C)c(=O)n(C)c3=O)[C@H]1CO2. The average Bonchev–Trinajstić information content (AvgIpc) is 2.56. The molecule has 0 aliphatic carbocycles. The largest absolute Gasteiger partial charge is 0.493 e. The minimum Gasteiger partial charge on any atom is -0.493 e. The van der Waals surface area contributed by atoms with Crippen molar-refractivity contribution >= 4 is 0 Å². The zero-order valence-electron chi connectivity index (χ0n) is 13.3. The molecule has 1 aromatic heterocycles. The molecule has 0 saturated heterocycles. The van der Waals surface area contributed by atoms with E-state index in [9.17, 15) is 9.59 Å². The number of rotatable bonds is 0. The van der Waals surface area contributed by atoms with E-state index in [1.54, 1.807) is 7.05 Å². The molecule has 0 spiro atoms. The highest BCUT2D eigenvalue weighted by Gasteiger charge is 2.40. The van der Waals surface area contributed by atoms with Crippen LogP contribution in [0.5, 0.6) is 11.5 Å². The molecule has 4 rings (SSSR count). The Kier molecular flexibility index (Phi) is 2.91. The Morgan fingerprint density at radius 2 is 1.78 bits per heavy atom. The third-order valence-corrected chi connectivity index (χ3v) is 4.89. The van der Waals surface area contributed by atoms with Crippen LogP contribution in [0.4, 0.5) is 0 Å². The first-order valence-electron chi connectivity index (χ1n) is 7.65. The van der Waals surface area contributed by atoms with Gasteiger partial charge in [-0.1, -0.05) is 17.7 Å². The van der Waals surface area contributed by atoms with Gasteiger partial charge < -0.3 is 9.47 Å². The van der Waals surface area contributed by atoms with E-state index in [-0.39, 0.29) is 28.8 Å². The van der Waals surface area contributed by atoms with Crippen molar-refractivity contribution in [3.63, 3.8) is 0 Å². The number of aryl methyl sites for hydroxylation is 1. The van der Waals surface area contributed by atoms with Gasteiger partial charge in [0.25, 0.3) is 5.56 Å². The van der Waals surface area contributed by atoms with Gasteiger partial charge in [0, 0.05) is 31.5 Å². The Balaban J connectivity index is 1.94. The molecule has 2 aliphatic rings. The highest BCUT2D eigenvalue weighted by molar-refractivity contribution is 5.46. The second-order valence-electron chi connectivity index (χ2n) is 6.30. The van der Waals surface area contributed by atoms with Gasteiger partial charge in [-0.3, -0.25) is 13.9 Å². The molecule has 0 fully saturated rings. The summed E-state index contributed by atoms with van der Waals surface area (Å²) in [5, 5.41) is 0. The molecule has 0 bridgehead atoms. The zero-order chi connectivity index (χ0) is 16.3. The Morgan fingerprint density at radius 1 is 1.04 bits per heavy atom. The summed E-state index contributed by atoms with van der Waals surface area (Å²) in [6, 6.07) is 6.08.